The first-order chi connectivity index (χ1) is 10.8. The van der Waals surface area contributed by atoms with Gasteiger partial charge in [0, 0.05) is 0 Å². The van der Waals surface area contributed by atoms with Crippen molar-refractivity contribution in [1.82, 2.24) is 0 Å². The molecule has 2 aromatic carbocycles. The van der Waals surface area contributed by atoms with Crippen LogP contribution in [0.2, 0.25) is 0 Å². The number of hydrogen-bond acceptors (Lipinski definition) is 1. The first kappa shape index (κ1) is 16.9. The molecule has 3 rings (SSSR count). The molecule has 0 amide bonds. The maximum atomic E-state index is 12.9. The maximum absolute atomic E-state index is 12.9. The predicted molar refractivity (Wildman–Crippen MR) is 94.4 cm³/mol. The van der Waals surface area contributed by atoms with Gasteiger partial charge in [-0.05, 0) is 0 Å². The molecular formula is C17H12F3IOSe. The molecule has 2 aromatic rings. The Balaban J connectivity index is 1.98. The zero-order valence-electron chi connectivity index (χ0n) is 12.1. The number of rotatable bonds is 2. The topological polar surface area (TPSA) is 9.23 Å². The Bertz CT molecular complexity index is 784. The summed E-state index contributed by atoms with van der Waals surface area (Å²) >= 11 is 2.02. The molecule has 0 fully saturated rings. The van der Waals surface area contributed by atoms with Crippen LogP contribution in [0.15, 0.2) is 46.0 Å². The standard InChI is InChI=1S/C17H12F3IOSe/c1-10-5-6-15-13(7-10)16(14(21)9-22-15)23-12-4-2-3-11(8-12)17(18,19)20/h2-8H,9H2,1H3. The van der Waals surface area contributed by atoms with Gasteiger partial charge in [-0.3, -0.25) is 0 Å². The molecule has 1 nitrogen and oxygen atoms in total. The van der Waals surface area contributed by atoms with Crippen molar-refractivity contribution < 1.29 is 17.9 Å². The van der Waals surface area contributed by atoms with Gasteiger partial charge in [-0.25, -0.2) is 0 Å². The fourth-order valence-electron chi connectivity index (χ4n) is 2.26. The minimum absolute atomic E-state index is 0.204. The summed E-state index contributed by atoms with van der Waals surface area (Å²) in [6.45, 7) is 2.48. The van der Waals surface area contributed by atoms with E-state index < -0.39 is 11.7 Å². The van der Waals surface area contributed by atoms with Crippen molar-refractivity contribution in [2.45, 2.75) is 13.1 Å². The fraction of sp³-hybridized carbons (Fsp3) is 0.176. The van der Waals surface area contributed by atoms with E-state index in [1.165, 1.54) is 12.1 Å². The van der Waals surface area contributed by atoms with E-state index in [1.807, 2.05) is 25.1 Å². The zero-order valence-corrected chi connectivity index (χ0v) is 15.9. The average molecular weight is 495 g/mol. The molecule has 1 heterocycles. The molecule has 120 valence electrons. The van der Waals surface area contributed by atoms with Gasteiger partial charge in [-0.15, -0.1) is 0 Å². The molecule has 0 spiro atoms. The Kier molecular flexibility index (Phi) is 4.76. The number of alkyl halides is 3. The monoisotopic (exact) mass is 496 g/mol. The Hall–Kier alpha value is -0.981. The molecule has 0 aliphatic carbocycles. The predicted octanol–water partition coefficient (Wildman–Crippen LogP) is 4.54. The van der Waals surface area contributed by atoms with Crippen LogP contribution in [0.25, 0.3) is 4.47 Å². The van der Waals surface area contributed by atoms with Crippen LogP contribution in [-0.4, -0.2) is 21.6 Å². The third-order valence-corrected chi connectivity index (χ3v) is 7.47. The van der Waals surface area contributed by atoms with Crippen molar-refractivity contribution in [1.29, 1.82) is 0 Å². The van der Waals surface area contributed by atoms with Crippen LogP contribution in [0.3, 0.4) is 0 Å². The molecule has 1 aliphatic rings. The molecule has 0 aromatic heterocycles. The second kappa shape index (κ2) is 6.49. The van der Waals surface area contributed by atoms with Crippen molar-refractivity contribution in [3.63, 3.8) is 0 Å². The van der Waals surface area contributed by atoms with Crippen LogP contribution in [0.4, 0.5) is 13.2 Å². The van der Waals surface area contributed by atoms with Crippen LogP contribution in [-0.2, 0) is 6.18 Å². The molecule has 0 N–H and O–H groups in total. The van der Waals surface area contributed by atoms with Gasteiger partial charge in [0.2, 0.25) is 0 Å². The summed E-state index contributed by atoms with van der Waals surface area (Å²) in [5.41, 5.74) is 1.51. The van der Waals surface area contributed by atoms with Crippen molar-refractivity contribution in [3.05, 3.63) is 62.7 Å². The van der Waals surface area contributed by atoms with Crippen LogP contribution in [0.1, 0.15) is 16.7 Å². The second-order valence-corrected chi connectivity index (χ2v) is 8.73. The number of halogens is 4. The normalized spacial score (nSPS) is 14.5. The van der Waals surface area contributed by atoms with Gasteiger partial charge >= 0.3 is 153 Å². The van der Waals surface area contributed by atoms with Crippen LogP contribution in [0.5, 0.6) is 5.75 Å². The van der Waals surface area contributed by atoms with Crippen molar-refractivity contribution in [3.8, 4) is 5.75 Å². The van der Waals surface area contributed by atoms with Crippen molar-refractivity contribution in [2.75, 3.05) is 6.61 Å². The van der Waals surface area contributed by atoms with Crippen LogP contribution < -0.4 is 9.20 Å². The Morgan fingerprint density at radius 2 is 1.91 bits per heavy atom. The van der Waals surface area contributed by atoms with Gasteiger partial charge < -0.3 is 0 Å². The zero-order chi connectivity index (χ0) is 16.6. The summed E-state index contributed by atoms with van der Waals surface area (Å²) in [4.78, 5) is 0. The first-order valence-corrected chi connectivity index (χ1v) is 9.61. The van der Waals surface area contributed by atoms with E-state index in [0.29, 0.717) is 11.1 Å². The fourth-order valence-corrected chi connectivity index (χ4v) is 5.40. The van der Waals surface area contributed by atoms with Gasteiger partial charge in [0.15, 0.2) is 0 Å². The van der Waals surface area contributed by atoms with E-state index in [2.05, 4.69) is 22.6 Å². The SMILES string of the molecule is Cc1ccc2c(c1)C([Se]c1cccc(C(F)(F)F)c1)=C(I)CO2. The molecule has 0 unspecified atom stereocenters. The average Bonchev–Trinajstić information content (AvgIpc) is 2.50. The number of hydrogen-bond donors (Lipinski definition) is 0. The van der Waals surface area contributed by atoms with Gasteiger partial charge in [-0.1, -0.05) is 0 Å². The molecule has 0 radical (unpaired) electrons. The molecule has 0 atom stereocenters. The molecular weight excluding hydrogens is 483 g/mol. The Labute approximate surface area is 152 Å². The van der Waals surface area contributed by atoms with E-state index in [4.69, 9.17) is 4.74 Å². The first-order valence-electron chi connectivity index (χ1n) is 6.82. The molecule has 0 saturated heterocycles. The third kappa shape index (κ3) is 3.75. The van der Waals surface area contributed by atoms with E-state index >= 15 is 0 Å². The van der Waals surface area contributed by atoms with Crippen LogP contribution >= 0.6 is 22.6 Å². The number of aryl methyl sites for hydroxylation is 1. The van der Waals surface area contributed by atoms with E-state index in [9.17, 15) is 13.2 Å². The number of ether oxygens (including phenoxy) is 1. The van der Waals surface area contributed by atoms with Gasteiger partial charge in [0.25, 0.3) is 0 Å². The molecule has 6 heteroatoms. The van der Waals surface area contributed by atoms with Gasteiger partial charge in [0.1, 0.15) is 0 Å². The Morgan fingerprint density at radius 3 is 2.65 bits per heavy atom. The van der Waals surface area contributed by atoms with Gasteiger partial charge in [0.05, 0.1) is 0 Å². The number of fused-ring (bicyclic) bond motifs is 1. The summed E-state index contributed by atoms with van der Waals surface area (Å²) in [6, 6.07) is 11.5. The van der Waals surface area contributed by atoms with Crippen molar-refractivity contribution >= 4 is 46.5 Å². The van der Waals surface area contributed by atoms with Crippen LogP contribution in [0, 0.1) is 6.92 Å². The molecule has 0 bridgehead atoms. The minimum atomic E-state index is -4.31. The quantitative estimate of drug-likeness (QED) is 0.440. The molecule has 23 heavy (non-hydrogen) atoms. The van der Waals surface area contributed by atoms with E-state index in [0.717, 1.165) is 31.0 Å². The second-order valence-electron chi connectivity index (χ2n) is 5.15. The number of benzene rings is 2. The van der Waals surface area contributed by atoms with Crippen molar-refractivity contribution in [2.24, 2.45) is 0 Å². The summed E-state index contributed by atoms with van der Waals surface area (Å²) in [5.74, 6) is 0.805. The summed E-state index contributed by atoms with van der Waals surface area (Å²) in [6.07, 6.45) is -4.31. The summed E-state index contributed by atoms with van der Waals surface area (Å²) in [5, 5.41) is 0. The van der Waals surface area contributed by atoms with Gasteiger partial charge in [-0.2, -0.15) is 0 Å². The van der Waals surface area contributed by atoms with E-state index in [1.54, 1.807) is 6.07 Å². The van der Waals surface area contributed by atoms with E-state index in [-0.39, 0.29) is 15.0 Å². The Morgan fingerprint density at radius 1 is 1.13 bits per heavy atom. The summed E-state index contributed by atoms with van der Waals surface area (Å²) in [7, 11) is 0. The molecule has 1 aliphatic heterocycles. The molecule has 0 saturated carbocycles. The third-order valence-electron chi connectivity index (χ3n) is 3.36. The summed E-state index contributed by atoms with van der Waals surface area (Å²) < 4.78 is 47.2.